The maximum absolute atomic E-state index is 13.7. The van der Waals surface area contributed by atoms with Crippen LogP contribution in [0.25, 0.3) is 0 Å². The molecule has 3 aliphatic rings. The van der Waals surface area contributed by atoms with Crippen molar-refractivity contribution < 1.29 is 18.4 Å². The Morgan fingerprint density at radius 1 is 0.887 bits per heavy atom. The molecule has 0 saturated heterocycles. The number of hydrogen-bond acceptors (Lipinski definition) is 4. The first-order valence-corrected chi connectivity index (χ1v) is 26.7. The van der Waals surface area contributed by atoms with Gasteiger partial charge in [0.1, 0.15) is 12.2 Å². The third kappa shape index (κ3) is 10.8. The van der Waals surface area contributed by atoms with Crippen molar-refractivity contribution in [1.82, 2.24) is 0 Å². The molecule has 0 radical (unpaired) electrons. The fourth-order valence-corrected chi connectivity index (χ4v) is 11.0. The fourth-order valence-electron chi connectivity index (χ4n) is 8.36. The molecule has 0 N–H and O–H groups in total. The van der Waals surface area contributed by atoms with E-state index in [-0.39, 0.29) is 51.6 Å². The SMILES string of the molecule is CCC#CC[C@H](C)[C@@H](C#C[C@H]1[C@H](O[Si](C)(C)C(C)(C)C)CC2C/C(=C\C(=O)OC3CCCC[C@@H]3C(C)(C)c3ccccc3)C[C@@H]21)O[Si](C)(C)C(C)(C)C. The number of carbonyl (C=O) groups excluding carboxylic acids is 1. The molecule has 1 aromatic carbocycles. The number of benzene rings is 1. The van der Waals surface area contributed by atoms with Crippen LogP contribution in [-0.2, 0) is 23.8 Å². The van der Waals surface area contributed by atoms with Crippen LogP contribution >= 0.6 is 0 Å². The number of ether oxygens (including phenoxy) is 1. The zero-order valence-corrected chi connectivity index (χ0v) is 38.1. The molecule has 0 aromatic heterocycles. The lowest BCUT2D eigenvalue weighted by Crippen LogP contribution is -2.45. The molecular weight excluding hydrogens is 685 g/mol. The van der Waals surface area contributed by atoms with Crippen molar-refractivity contribution in [2.75, 3.05) is 0 Å². The predicted molar refractivity (Wildman–Crippen MR) is 227 cm³/mol. The van der Waals surface area contributed by atoms with E-state index in [2.05, 4.69) is 149 Å². The summed E-state index contributed by atoms with van der Waals surface area (Å²) in [6.45, 7) is 32.2. The molecule has 4 nitrogen and oxygen atoms in total. The molecule has 3 fully saturated rings. The monoisotopic (exact) mass is 759 g/mol. The van der Waals surface area contributed by atoms with E-state index < -0.39 is 16.6 Å². The Morgan fingerprint density at radius 3 is 2.15 bits per heavy atom. The minimum Gasteiger partial charge on any atom is -0.459 e. The maximum Gasteiger partial charge on any atom is 0.330 e. The van der Waals surface area contributed by atoms with E-state index in [9.17, 15) is 4.79 Å². The summed E-state index contributed by atoms with van der Waals surface area (Å²) in [7, 11) is -4.12. The Bertz CT molecular complexity index is 1540. The van der Waals surface area contributed by atoms with Gasteiger partial charge in [0.15, 0.2) is 16.6 Å². The molecule has 0 bridgehead atoms. The van der Waals surface area contributed by atoms with Gasteiger partial charge in [0.2, 0.25) is 0 Å². The van der Waals surface area contributed by atoms with Crippen LogP contribution in [0.2, 0.25) is 36.3 Å². The van der Waals surface area contributed by atoms with Crippen LogP contribution in [0.15, 0.2) is 42.0 Å². The molecule has 6 heteroatoms. The van der Waals surface area contributed by atoms with Gasteiger partial charge in [-0.3, -0.25) is 0 Å². The van der Waals surface area contributed by atoms with Gasteiger partial charge < -0.3 is 13.6 Å². The van der Waals surface area contributed by atoms with Crippen LogP contribution in [0.1, 0.15) is 133 Å². The van der Waals surface area contributed by atoms with Gasteiger partial charge in [-0.15, -0.1) is 11.8 Å². The van der Waals surface area contributed by atoms with Crippen molar-refractivity contribution in [3.8, 4) is 23.7 Å². The van der Waals surface area contributed by atoms with E-state index >= 15 is 0 Å². The molecule has 2 unspecified atom stereocenters. The largest absolute Gasteiger partial charge is 0.459 e. The second-order valence-electron chi connectivity index (χ2n) is 20.2. The van der Waals surface area contributed by atoms with E-state index in [4.69, 9.17) is 13.6 Å². The molecule has 294 valence electrons. The fraction of sp³-hybridized carbons (Fsp3) is 0.723. The highest BCUT2D eigenvalue weighted by Gasteiger charge is 2.51. The summed E-state index contributed by atoms with van der Waals surface area (Å²) in [5.74, 6) is 15.5. The van der Waals surface area contributed by atoms with E-state index in [1.54, 1.807) is 0 Å². The Hall–Kier alpha value is -2.10. The van der Waals surface area contributed by atoms with Gasteiger partial charge in [0, 0.05) is 36.7 Å². The summed E-state index contributed by atoms with van der Waals surface area (Å²) < 4.78 is 20.6. The topological polar surface area (TPSA) is 44.8 Å². The predicted octanol–water partition coefficient (Wildman–Crippen LogP) is 12.3. The van der Waals surface area contributed by atoms with Crippen molar-refractivity contribution in [3.63, 3.8) is 0 Å². The van der Waals surface area contributed by atoms with Gasteiger partial charge in [0.25, 0.3) is 0 Å². The normalized spacial score (nSPS) is 27.2. The quantitative estimate of drug-likeness (QED) is 0.103. The number of carbonyl (C=O) groups is 1. The summed E-state index contributed by atoms with van der Waals surface area (Å²) in [5, 5.41) is 0.201. The van der Waals surface area contributed by atoms with Crippen LogP contribution < -0.4 is 0 Å². The number of fused-ring (bicyclic) bond motifs is 1. The second kappa shape index (κ2) is 17.4. The van der Waals surface area contributed by atoms with Crippen LogP contribution in [0, 0.1) is 53.3 Å². The summed E-state index contributed by atoms with van der Waals surface area (Å²) >= 11 is 0. The van der Waals surface area contributed by atoms with E-state index in [1.165, 1.54) is 17.6 Å². The van der Waals surface area contributed by atoms with Crippen molar-refractivity contribution in [3.05, 3.63) is 47.5 Å². The number of rotatable bonds is 10. The molecule has 0 spiro atoms. The Balaban J connectivity index is 1.59. The van der Waals surface area contributed by atoms with E-state index in [0.717, 1.165) is 51.4 Å². The van der Waals surface area contributed by atoms with Crippen LogP contribution in [0.3, 0.4) is 0 Å². The minimum absolute atomic E-state index is 0.0629. The third-order valence-corrected chi connectivity index (χ3v) is 22.8. The van der Waals surface area contributed by atoms with Crippen LogP contribution in [-0.4, -0.2) is 40.9 Å². The van der Waals surface area contributed by atoms with Gasteiger partial charge in [-0.05, 0) is 97.6 Å². The molecule has 4 rings (SSSR count). The zero-order chi connectivity index (χ0) is 39.4. The van der Waals surface area contributed by atoms with Crippen molar-refractivity contribution in [2.24, 2.45) is 29.6 Å². The Kier molecular flexibility index (Phi) is 14.3. The van der Waals surface area contributed by atoms with Gasteiger partial charge in [-0.1, -0.05) is 123 Å². The lowest BCUT2D eigenvalue weighted by molar-refractivity contribution is -0.149. The highest BCUT2D eigenvalue weighted by atomic mass is 28.4. The molecule has 3 saturated carbocycles. The smallest absolute Gasteiger partial charge is 0.330 e. The average molecular weight is 759 g/mol. The molecule has 0 heterocycles. The summed E-state index contributed by atoms with van der Waals surface area (Å²) in [4.78, 5) is 13.7. The van der Waals surface area contributed by atoms with Crippen molar-refractivity contribution in [2.45, 2.75) is 187 Å². The highest BCUT2D eigenvalue weighted by Crippen LogP contribution is 2.53. The van der Waals surface area contributed by atoms with E-state index in [0.29, 0.717) is 17.8 Å². The van der Waals surface area contributed by atoms with Crippen LogP contribution in [0.5, 0.6) is 0 Å². The number of allylic oxidation sites excluding steroid dienone is 1. The van der Waals surface area contributed by atoms with Gasteiger partial charge in [-0.25, -0.2) is 4.79 Å². The zero-order valence-electron chi connectivity index (χ0n) is 36.1. The lowest BCUT2D eigenvalue weighted by Gasteiger charge is -2.42. The van der Waals surface area contributed by atoms with Gasteiger partial charge in [-0.2, -0.15) is 0 Å². The van der Waals surface area contributed by atoms with Gasteiger partial charge >= 0.3 is 5.97 Å². The molecule has 1 aromatic rings. The molecular formula is C47H74O4Si2. The first-order valence-electron chi connectivity index (χ1n) is 20.9. The van der Waals surface area contributed by atoms with Crippen molar-refractivity contribution >= 4 is 22.6 Å². The Labute approximate surface area is 327 Å². The second-order valence-corrected chi connectivity index (χ2v) is 29.8. The maximum atomic E-state index is 13.7. The Morgan fingerprint density at radius 2 is 1.53 bits per heavy atom. The van der Waals surface area contributed by atoms with Crippen molar-refractivity contribution in [1.29, 1.82) is 0 Å². The summed E-state index contributed by atoms with van der Waals surface area (Å²) in [6, 6.07) is 10.7. The number of esters is 1. The highest BCUT2D eigenvalue weighted by molar-refractivity contribution is 6.74. The van der Waals surface area contributed by atoms with E-state index in [1.807, 2.05) is 6.08 Å². The minimum atomic E-state index is -2.08. The third-order valence-electron chi connectivity index (χ3n) is 13.9. The van der Waals surface area contributed by atoms with Crippen LogP contribution in [0.4, 0.5) is 0 Å². The lowest BCUT2D eigenvalue weighted by atomic mass is 9.66. The summed E-state index contributed by atoms with van der Waals surface area (Å²) in [6.07, 6.45) is 10.5. The standard InChI is InChI=1S/C47H74O4Si2/c1-15-16-18-23-34(2)41(50-52(11,12)45(3,4)5)29-28-38-39-31-35(30-36(39)33-43(38)51-53(13,14)46(6,7)8)32-44(48)49-42-27-22-21-26-40(42)47(9,10)37-24-19-17-20-25-37/h17,19-20,24-25,32,34,36,38-43H,15,21-23,26-27,30-31,33H2,1-14H3/b35-32+/t34-,36?,38+,39-,40-,41+,42?,43+/m0/s1. The molecule has 8 atom stereocenters. The first-order chi connectivity index (χ1) is 24.6. The van der Waals surface area contributed by atoms with Gasteiger partial charge in [0.05, 0.1) is 6.10 Å². The molecule has 0 aliphatic heterocycles. The number of hydrogen-bond donors (Lipinski definition) is 0. The summed E-state index contributed by atoms with van der Waals surface area (Å²) in [5.41, 5.74) is 2.47. The molecule has 0 amide bonds. The molecule has 3 aliphatic carbocycles. The average Bonchev–Trinajstić information content (AvgIpc) is 3.58. The molecule has 53 heavy (non-hydrogen) atoms. The first kappa shape index (κ1) is 43.6.